The summed E-state index contributed by atoms with van der Waals surface area (Å²) in [5, 5.41) is 3.43. The van der Waals surface area contributed by atoms with Crippen molar-refractivity contribution in [1.29, 1.82) is 0 Å². The molecule has 1 saturated heterocycles. The fourth-order valence-electron chi connectivity index (χ4n) is 3.15. The fraction of sp³-hybridized carbons (Fsp3) is 0.706. The Bertz CT molecular complexity index is 441. The lowest BCUT2D eigenvalue weighted by molar-refractivity contribution is -0.138. The minimum atomic E-state index is -0.294. The van der Waals surface area contributed by atoms with E-state index in [2.05, 4.69) is 31.0 Å². The van der Waals surface area contributed by atoms with Gasteiger partial charge in [0.25, 0.3) is 0 Å². The zero-order valence-electron chi connectivity index (χ0n) is 14.0. The average Bonchev–Trinajstić information content (AvgIpc) is 3.01. The van der Waals surface area contributed by atoms with Gasteiger partial charge in [-0.3, -0.25) is 9.69 Å². The van der Waals surface area contributed by atoms with Crippen LogP contribution < -0.4 is 5.32 Å². The second kappa shape index (κ2) is 8.34. The van der Waals surface area contributed by atoms with Gasteiger partial charge in [0, 0.05) is 38.8 Å². The summed E-state index contributed by atoms with van der Waals surface area (Å²) in [6.07, 6.45) is 3.62. The predicted octanol–water partition coefficient (Wildman–Crippen LogP) is 2.26. The Hall–Kier alpha value is -1.33. The molecule has 1 aromatic rings. The summed E-state index contributed by atoms with van der Waals surface area (Å²) in [4.78, 5) is 17.4. The van der Waals surface area contributed by atoms with Gasteiger partial charge in [0.05, 0.1) is 6.26 Å². The van der Waals surface area contributed by atoms with Gasteiger partial charge >= 0.3 is 0 Å². The third-order valence-corrected chi connectivity index (χ3v) is 4.11. The highest BCUT2D eigenvalue weighted by molar-refractivity contribution is 5.82. The number of hydrogen-bond acceptors (Lipinski definition) is 4. The number of hydrogen-bond donors (Lipinski definition) is 1. The summed E-state index contributed by atoms with van der Waals surface area (Å²) < 4.78 is 5.60. The highest BCUT2D eigenvalue weighted by atomic mass is 16.3. The number of furan rings is 1. The summed E-state index contributed by atoms with van der Waals surface area (Å²) in [5.41, 5.74) is 0. The Labute approximate surface area is 133 Å². The van der Waals surface area contributed by atoms with Crippen molar-refractivity contribution in [3.63, 3.8) is 0 Å². The summed E-state index contributed by atoms with van der Waals surface area (Å²) in [5.74, 6) is 0.934. The van der Waals surface area contributed by atoms with Crippen LogP contribution in [0.25, 0.3) is 0 Å². The molecule has 5 nitrogen and oxygen atoms in total. The molecule has 124 valence electrons. The minimum absolute atomic E-state index is 0.174. The molecule has 2 rings (SSSR count). The smallest absolute Gasteiger partial charge is 0.247 e. The molecule has 0 bridgehead atoms. The molecule has 1 fully saturated rings. The van der Waals surface area contributed by atoms with Gasteiger partial charge in [-0.1, -0.05) is 13.8 Å². The molecule has 0 aliphatic carbocycles. The van der Waals surface area contributed by atoms with Crippen molar-refractivity contribution in [3.8, 4) is 0 Å². The molecule has 1 aliphatic heterocycles. The first-order chi connectivity index (χ1) is 10.7. The van der Waals surface area contributed by atoms with E-state index in [1.807, 2.05) is 17.0 Å². The van der Waals surface area contributed by atoms with E-state index in [0.717, 1.165) is 51.3 Å². The summed E-state index contributed by atoms with van der Waals surface area (Å²) in [6, 6.07) is 3.89. The SMILES string of the molecule is CCCN(CCC)C(=O)C(c1ccco1)N1CCNC(C)C1. The maximum Gasteiger partial charge on any atom is 0.247 e. The van der Waals surface area contributed by atoms with Gasteiger partial charge in [0.1, 0.15) is 11.8 Å². The maximum atomic E-state index is 13.1. The van der Waals surface area contributed by atoms with Crippen LogP contribution in [0.1, 0.15) is 45.4 Å². The highest BCUT2D eigenvalue weighted by Crippen LogP contribution is 2.25. The lowest BCUT2D eigenvalue weighted by Crippen LogP contribution is -2.53. The van der Waals surface area contributed by atoms with Crippen LogP contribution in [-0.4, -0.2) is 54.5 Å². The van der Waals surface area contributed by atoms with E-state index in [1.165, 1.54) is 0 Å². The van der Waals surface area contributed by atoms with Crippen LogP contribution in [0.2, 0.25) is 0 Å². The Balaban J connectivity index is 2.21. The first-order valence-corrected chi connectivity index (χ1v) is 8.47. The molecule has 2 heterocycles. The molecule has 2 atom stereocenters. The first-order valence-electron chi connectivity index (χ1n) is 8.47. The van der Waals surface area contributed by atoms with Crippen LogP contribution in [0.5, 0.6) is 0 Å². The largest absolute Gasteiger partial charge is 0.467 e. The van der Waals surface area contributed by atoms with Gasteiger partial charge in [0.15, 0.2) is 0 Å². The summed E-state index contributed by atoms with van der Waals surface area (Å²) >= 11 is 0. The van der Waals surface area contributed by atoms with Crippen molar-refractivity contribution < 1.29 is 9.21 Å². The van der Waals surface area contributed by atoms with Gasteiger partial charge in [0.2, 0.25) is 5.91 Å². The molecule has 0 radical (unpaired) electrons. The van der Waals surface area contributed by atoms with Crippen molar-refractivity contribution in [2.45, 2.75) is 45.7 Å². The predicted molar refractivity (Wildman–Crippen MR) is 87.6 cm³/mol. The van der Waals surface area contributed by atoms with Gasteiger partial charge in [-0.05, 0) is 31.9 Å². The maximum absolute atomic E-state index is 13.1. The van der Waals surface area contributed by atoms with Crippen LogP contribution in [0.3, 0.4) is 0 Å². The second-order valence-electron chi connectivity index (χ2n) is 6.09. The Kier molecular flexibility index (Phi) is 6.46. The van der Waals surface area contributed by atoms with E-state index in [-0.39, 0.29) is 11.9 Å². The Morgan fingerprint density at radius 3 is 2.73 bits per heavy atom. The molecule has 1 aromatic heterocycles. The van der Waals surface area contributed by atoms with Crippen LogP contribution in [-0.2, 0) is 4.79 Å². The van der Waals surface area contributed by atoms with E-state index in [1.54, 1.807) is 6.26 Å². The van der Waals surface area contributed by atoms with Crippen LogP contribution in [0.4, 0.5) is 0 Å². The number of piperazine rings is 1. The fourth-order valence-corrected chi connectivity index (χ4v) is 3.15. The summed E-state index contributed by atoms with van der Waals surface area (Å²) in [6.45, 7) is 10.7. The third kappa shape index (κ3) is 4.11. The summed E-state index contributed by atoms with van der Waals surface area (Å²) in [7, 11) is 0. The van der Waals surface area contributed by atoms with Crippen molar-refractivity contribution in [1.82, 2.24) is 15.1 Å². The van der Waals surface area contributed by atoms with Gasteiger partial charge in [-0.25, -0.2) is 0 Å². The number of carbonyl (C=O) groups is 1. The lowest BCUT2D eigenvalue weighted by atomic mass is 10.1. The van der Waals surface area contributed by atoms with Gasteiger partial charge in [-0.2, -0.15) is 0 Å². The number of rotatable bonds is 7. The Morgan fingerprint density at radius 1 is 1.45 bits per heavy atom. The molecule has 1 aliphatic rings. The molecule has 0 aromatic carbocycles. The number of carbonyl (C=O) groups excluding carboxylic acids is 1. The van der Waals surface area contributed by atoms with Crippen molar-refractivity contribution in [2.24, 2.45) is 0 Å². The average molecular weight is 307 g/mol. The van der Waals surface area contributed by atoms with Crippen LogP contribution in [0.15, 0.2) is 22.8 Å². The minimum Gasteiger partial charge on any atom is -0.467 e. The Morgan fingerprint density at radius 2 is 2.18 bits per heavy atom. The topological polar surface area (TPSA) is 48.7 Å². The van der Waals surface area contributed by atoms with Crippen molar-refractivity contribution >= 4 is 5.91 Å². The first kappa shape index (κ1) is 17.0. The second-order valence-corrected chi connectivity index (χ2v) is 6.09. The molecular weight excluding hydrogens is 278 g/mol. The van der Waals surface area contributed by atoms with E-state index >= 15 is 0 Å². The van der Waals surface area contributed by atoms with Crippen LogP contribution in [0, 0.1) is 0 Å². The van der Waals surface area contributed by atoms with Gasteiger partial charge < -0.3 is 14.6 Å². The standard InChI is InChI=1S/C17H29N3O2/c1-4-9-19(10-5-2)17(21)16(15-7-6-12-22-15)20-11-8-18-14(3)13-20/h6-7,12,14,16,18H,4-5,8-11,13H2,1-3H3. The quantitative estimate of drug-likeness (QED) is 0.839. The highest BCUT2D eigenvalue weighted by Gasteiger charge is 2.34. The number of nitrogens with one attached hydrogen (secondary N) is 1. The molecule has 5 heteroatoms. The van der Waals surface area contributed by atoms with Crippen molar-refractivity contribution in [3.05, 3.63) is 24.2 Å². The lowest BCUT2D eigenvalue weighted by Gasteiger charge is -2.38. The normalized spacial score (nSPS) is 20.8. The van der Waals surface area contributed by atoms with Crippen LogP contribution >= 0.6 is 0 Å². The van der Waals surface area contributed by atoms with E-state index in [9.17, 15) is 4.79 Å². The van der Waals surface area contributed by atoms with E-state index in [4.69, 9.17) is 4.42 Å². The van der Waals surface area contributed by atoms with Gasteiger partial charge in [-0.15, -0.1) is 0 Å². The molecular formula is C17H29N3O2. The monoisotopic (exact) mass is 307 g/mol. The molecule has 1 amide bonds. The molecule has 2 unspecified atom stereocenters. The van der Waals surface area contributed by atoms with Crippen molar-refractivity contribution in [2.75, 3.05) is 32.7 Å². The molecule has 22 heavy (non-hydrogen) atoms. The van der Waals surface area contributed by atoms with E-state index < -0.39 is 0 Å². The zero-order valence-corrected chi connectivity index (χ0v) is 14.0. The zero-order chi connectivity index (χ0) is 15.9. The third-order valence-electron chi connectivity index (χ3n) is 4.11. The molecule has 1 N–H and O–H groups in total. The van der Waals surface area contributed by atoms with E-state index in [0.29, 0.717) is 6.04 Å². The molecule has 0 saturated carbocycles. The number of nitrogens with zero attached hydrogens (tertiary/aromatic N) is 2. The number of amides is 1. The molecule has 0 spiro atoms.